The number of hydrogen-bond acceptors (Lipinski definition) is 4. The van der Waals surface area contributed by atoms with Gasteiger partial charge in [0, 0.05) is 24.7 Å². The Morgan fingerprint density at radius 3 is 2.32 bits per heavy atom. The molecule has 202 valence electrons. The van der Waals surface area contributed by atoms with Gasteiger partial charge in [-0.15, -0.1) is 0 Å². The number of carbonyl (C=O) groups excluding carboxylic acids is 2. The van der Waals surface area contributed by atoms with Gasteiger partial charge in [-0.25, -0.2) is 8.42 Å². The minimum absolute atomic E-state index is 0.111. The molecule has 0 aromatic heterocycles. The van der Waals surface area contributed by atoms with Crippen LogP contribution < -0.4 is 5.32 Å². The first-order valence-electron chi connectivity index (χ1n) is 13.0. The summed E-state index contributed by atoms with van der Waals surface area (Å²) in [6.45, 7) is 1.63. The minimum atomic E-state index is -3.94. The molecule has 1 saturated carbocycles. The summed E-state index contributed by atoms with van der Waals surface area (Å²) in [6, 6.07) is 18.9. The molecule has 7 nitrogen and oxygen atoms in total. The fraction of sp³-hybridized carbons (Fsp3) is 0.379. The van der Waals surface area contributed by atoms with Crippen LogP contribution in [0.2, 0.25) is 5.02 Å². The van der Waals surface area contributed by atoms with E-state index in [0.29, 0.717) is 11.4 Å². The van der Waals surface area contributed by atoms with E-state index in [1.807, 2.05) is 31.2 Å². The molecule has 0 spiro atoms. The second-order valence-corrected chi connectivity index (χ2v) is 12.3. The maximum Gasteiger partial charge on any atom is 0.243 e. The molecular weight excluding hydrogens is 522 g/mol. The van der Waals surface area contributed by atoms with Crippen LogP contribution in [0.4, 0.5) is 0 Å². The van der Waals surface area contributed by atoms with Crippen molar-refractivity contribution in [3.8, 4) is 0 Å². The molecule has 3 aromatic carbocycles. The van der Waals surface area contributed by atoms with E-state index in [1.165, 1.54) is 11.9 Å². The van der Waals surface area contributed by atoms with E-state index in [2.05, 4.69) is 5.32 Å². The summed E-state index contributed by atoms with van der Waals surface area (Å²) < 4.78 is 27.8. The van der Waals surface area contributed by atoms with E-state index < -0.39 is 28.5 Å². The highest BCUT2D eigenvalue weighted by Gasteiger charge is 2.33. The molecule has 2 amide bonds. The molecule has 1 fully saturated rings. The van der Waals surface area contributed by atoms with Gasteiger partial charge in [0.05, 0.1) is 11.4 Å². The van der Waals surface area contributed by atoms with Gasteiger partial charge in [0.2, 0.25) is 21.8 Å². The second-order valence-electron chi connectivity index (χ2n) is 9.83. The molecule has 0 heterocycles. The SMILES string of the molecule is CC[C@@H](C(=O)NC1CCCC1)N(Cc1ccc(Cl)cc1)C(=O)CN(C)S(=O)(=O)c1ccc2ccccc2c1. The Kier molecular flexibility index (Phi) is 9.07. The molecule has 0 unspecified atom stereocenters. The Labute approximate surface area is 229 Å². The maximum absolute atomic E-state index is 13.7. The standard InChI is InChI=1S/C29H34ClN3O4S/c1-3-27(29(35)31-25-10-6-7-11-25)33(19-21-12-15-24(30)16-13-21)28(34)20-32(2)38(36,37)26-17-14-22-8-4-5-9-23(22)18-26/h4-5,8-9,12-18,25,27H,3,6-7,10-11,19-20H2,1-2H3,(H,31,35)/t27-/m0/s1. The first kappa shape index (κ1) is 28.1. The molecule has 1 aliphatic carbocycles. The van der Waals surface area contributed by atoms with Gasteiger partial charge in [0.25, 0.3) is 0 Å². The van der Waals surface area contributed by atoms with Crippen LogP contribution in [0.5, 0.6) is 0 Å². The van der Waals surface area contributed by atoms with Gasteiger partial charge >= 0.3 is 0 Å². The van der Waals surface area contributed by atoms with Gasteiger partial charge in [0.1, 0.15) is 6.04 Å². The first-order chi connectivity index (χ1) is 18.2. The summed E-state index contributed by atoms with van der Waals surface area (Å²) in [5.41, 5.74) is 0.801. The van der Waals surface area contributed by atoms with Gasteiger partial charge in [0.15, 0.2) is 0 Å². The van der Waals surface area contributed by atoms with Crippen LogP contribution in [0.25, 0.3) is 10.8 Å². The fourth-order valence-electron chi connectivity index (χ4n) is 4.95. The topological polar surface area (TPSA) is 86.8 Å². The van der Waals surface area contributed by atoms with Crippen molar-refractivity contribution in [3.05, 3.63) is 77.3 Å². The van der Waals surface area contributed by atoms with Gasteiger partial charge in [-0.3, -0.25) is 9.59 Å². The van der Waals surface area contributed by atoms with E-state index in [4.69, 9.17) is 11.6 Å². The van der Waals surface area contributed by atoms with E-state index in [0.717, 1.165) is 46.3 Å². The average Bonchev–Trinajstić information content (AvgIpc) is 3.42. The largest absolute Gasteiger partial charge is 0.352 e. The number of hydrogen-bond donors (Lipinski definition) is 1. The summed E-state index contributed by atoms with van der Waals surface area (Å²) in [6.07, 6.45) is 4.41. The highest BCUT2D eigenvalue weighted by molar-refractivity contribution is 7.89. The van der Waals surface area contributed by atoms with Crippen LogP contribution in [0.1, 0.15) is 44.6 Å². The molecule has 0 bridgehead atoms. The Morgan fingerprint density at radius 2 is 1.66 bits per heavy atom. The lowest BCUT2D eigenvalue weighted by Gasteiger charge is -2.32. The van der Waals surface area contributed by atoms with Crippen LogP contribution in [-0.4, -0.2) is 55.1 Å². The molecule has 1 atom stereocenters. The zero-order valence-corrected chi connectivity index (χ0v) is 23.3. The highest BCUT2D eigenvalue weighted by Crippen LogP contribution is 2.23. The van der Waals surface area contributed by atoms with Crippen molar-refractivity contribution in [3.63, 3.8) is 0 Å². The molecule has 0 aliphatic heterocycles. The van der Waals surface area contributed by atoms with Crippen molar-refractivity contribution in [1.29, 1.82) is 0 Å². The number of sulfonamides is 1. The zero-order chi connectivity index (χ0) is 27.3. The van der Waals surface area contributed by atoms with E-state index in [-0.39, 0.29) is 23.4 Å². The minimum Gasteiger partial charge on any atom is -0.352 e. The predicted molar refractivity (Wildman–Crippen MR) is 150 cm³/mol. The van der Waals surface area contributed by atoms with Crippen LogP contribution in [0.15, 0.2) is 71.6 Å². The lowest BCUT2D eigenvalue weighted by molar-refractivity contribution is -0.141. The van der Waals surface area contributed by atoms with Crippen molar-refractivity contribution in [2.24, 2.45) is 0 Å². The summed E-state index contributed by atoms with van der Waals surface area (Å²) in [5, 5.41) is 5.40. The molecule has 38 heavy (non-hydrogen) atoms. The monoisotopic (exact) mass is 555 g/mol. The van der Waals surface area contributed by atoms with E-state index in [1.54, 1.807) is 42.5 Å². The smallest absolute Gasteiger partial charge is 0.243 e. The maximum atomic E-state index is 13.7. The van der Waals surface area contributed by atoms with Crippen molar-refractivity contribution in [2.45, 2.75) is 62.6 Å². The van der Waals surface area contributed by atoms with E-state index in [9.17, 15) is 18.0 Å². The Morgan fingerprint density at radius 1 is 1.00 bits per heavy atom. The van der Waals surface area contributed by atoms with Crippen molar-refractivity contribution >= 4 is 44.2 Å². The summed E-state index contributed by atoms with van der Waals surface area (Å²) >= 11 is 6.04. The van der Waals surface area contributed by atoms with Crippen LogP contribution in [0.3, 0.4) is 0 Å². The number of likely N-dealkylation sites (N-methyl/N-ethyl adjacent to an activating group) is 1. The molecule has 1 N–H and O–H groups in total. The quantitative estimate of drug-likeness (QED) is 0.382. The molecule has 9 heteroatoms. The fourth-order valence-corrected chi connectivity index (χ4v) is 6.23. The first-order valence-corrected chi connectivity index (χ1v) is 14.8. The second kappa shape index (κ2) is 12.3. The molecule has 1 aliphatic rings. The number of carbonyl (C=O) groups is 2. The molecule has 0 saturated heterocycles. The van der Waals surface area contributed by atoms with Crippen LogP contribution >= 0.6 is 11.6 Å². The predicted octanol–water partition coefficient (Wildman–Crippen LogP) is 4.98. The highest BCUT2D eigenvalue weighted by atomic mass is 35.5. The molecule has 4 rings (SSSR count). The summed E-state index contributed by atoms with van der Waals surface area (Å²) in [7, 11) is -2.55. The number of fused-ring (bicyclic) bond motifs is 1. The Bertz CT molecular complexity index is 1390. The van der Waals surface area contributed by atoms with Gasteiger partial charge < -0.3 is 10.2 Å². The van der Waals surface area contributed by atoms with Gasteiger partial charge in [-0.05, 0) is 59.9 Å². The third-order valence-electron chi connectivity index (χ3n) is 7.14. The third-order valence-corrected chi connectivity index (χ3v) is 9.19. The normalized spacial score (nSPS) is 15.1. The van der Waals surface area contributed by atoms with E-state index >= 15 is 0 Å². The van der Waals surface area contributed by atoms with Crippen LogP contribution in [0, 0.1) is 0 Å². The third kappa shape index (κ3) is 6.54. The number of halogens is 1. The number of benzene rings is 3. The van der Waals surface area contributed by atoms with Gasteiger partial charge in [-0.1, -0.05) is 73.8 Å². The zero-order valence-electron chi connectivity index (χ0n) is 21.8. The van der Waals surface area contributed by atoms with Crippen molar-refractivity contribution < 1.29 is 18.0 Å². The number of amides is 2. The van der Waals surface area contributed by atoms with Crippen molar-refractivity contribution in [1.82, 2.24) is 14.5 Å². The summed E-state index contributed by atoms with van der Waals surface area (Å²) in [4.78, 5) is 28.6. The lowest BCUT2D eigenvalue weighted by atomic mass is 10.1. The molecule has 0 radical (unpaired) electrons. The molecule has 3 aromatic rings. The number of rotatable bonds is 10. The number of nitrogens with zero attached hydrogens (tertiary/aromatic N) is 2. The molecular formula is C29H34ClN3O4S. The Balaban J connectivity index is 1.57. The van der Waals surface area contributed by atoms with Crippen molar-refractivity contribution in [2.75, 3.05) is 13.6 Å². The van der Waals surface area contributed by atoms with Gasteiger partial charge in [-0.2, -0.15) is 4.31 Å². The average molecular weight is 556 g/mol. The number of nitrogens with one attached hydrogen (secondary N) is 1. The lowest BCUT2D eigenvalue weighted by Crippen LogP contribution is -2.53. The Hall–Kier alpha value is -2.94. The van der Waals surface area contributed by atoms with Crippen LogP contribution in [-0.2, 0) is 26.2 Å². The summed E-state index contributed by atoms with van der Waals surface area (Å²) in [5.74, 6) is -0.651.